The van der Waals surface area contributed by atoms with Crippen molar-refractivity contribution < 1.29 is 17.6 Å². The van der Waals surface area contributed by atoms with Crippen LogP contribution in [0.3, 0.4) is 0 Å². The topological polar surface area (TPSA) is 114 Å². The first-order valence-corrected chi connectivity index (χ1v) is 7.58. The molecule has 0 aliphatic carbocycles. The molecular formula is C11H17FN4O3S. The second kappa shape index (κ2) is 5.71. The zero-order chi connectivity index (χ0) is 15.6. The van der Waals surface area contributed by atoms with E-state index in [0.717, 1.165) is 6.26 Å². The zero-order valence-electron chi connectivity index (χ0n) is 11.4. The third kappa shape index (κ3) is 3.42. The van der Waals surface area contributed by atoms with Gasteiger partial charge in [0, 0.05) is 19.0 Å². The summed E-state index contributed by atoms with van der Waals surface area (Å²) >= 11 is 0. The molecule has 4 N–H and O–H groups in total. The van der Waals surface area contributed by atoms with Gasteiger partial charge in [-0.2, -0.15) is 0 Å². The van der Waals surface area contributed by atoms with Crippen molar-refractivity contribution >= 4 is 21.6 Å². The molecule has 0 saturated carbocycles. The largest absolute Gasteiger partial charge is 0.350 e. The van der Waals surface area contributed by atoms with Gasteiger partial charge in [0.05, 0.1) is 10.3 Å². The zero-order valence-corrected chi connectivity index (χ0v) is 12.2. The molecule has 7 nitrogen and oxygen atoms in total. The maximum absolute atomic E-state index is 13.8. The second-order valence-electron chi connectivity index (χ2n) is 4.88. The maximum atomic E-state index is 13.8. The van der Waals surface area contributed by atoms with Gasteiger partial charge in [-0.05, 0) is 19.9 Å². The molecule has 0 unspecified atom stereocenters. The number of aromatic nitrogens is 1. The second-order valence-corrected chi connectivity index (χ2v) is 7.53. The van der Waals surface area contributed by atoms with Crippen molar-refractivity contribution in [3.8, 4) is 0 Å². The molecule has 0 spiro atoms. The Hall–Kier alpha value is -1.74. The number of rotatable bonds is 5. The summed E-state index contributed by atoms with van der Waals surface area (Å²) in [4.78, 5) is 15.5. The molecule has 0 saturated heterocycles. The number of hydrogen-bond donors (Lipinski definition) is 3. The van der Waals surface area contributed by atoms with E-state index < -0.39 is 26.3 Å². The SMILES string of the molecule is CC(C)(CNC(=O)c1ccnc(NN)c1F)S(C)(=O)=O. The van der Waals surface area contributed by atoms with Crippen molar-refractivity contribution in [2.45, 2.75) is 18.6 Å². The van der Waals surface area contributed by atoms with Crippen LogP contribution >= 0.6 is 0 Å². The number of hydrazine groups is 1. The molecule has 0 radical (unpaired) electrons. The molecule has 1 heterocycles. The smallest absolute Gasteiger partial charge is 0.254 e. The Bertz CT molecular complexity index is 616. The van der Waals surface area contributed by atoms with E-state index in [-0.39, 0.29) is 17.9 Å². The molecule has 0 aliphatic rings. The van der Waals surface area contributed by atoms with E-state index in [1.807, 2.05) is 5.43 Å². The summed E-state index contributed by atoms with van der Waals surface area (Å²) in [6, 6.07) is 1.18. The number of hydrogen-bond acceptors (Lipinski definition) is 6. The molecule has 20 heavy (non-hydrogen) atoms. The van der Waals surface area contributed by atoms with E-state index in [4.69, 9.17) is 5.84 Å². The predicted octanol–water partition coefficient (Wildman–Crippen LogP) is 0.0593. The maximum Gasteiger partial charge on any atom is 0.254 e. The molecule has 1 aromatic heterocycles. The lowest BCUT2D eigenvalue weighted by atomic mass is 10.2. The van der Waals surface area contributed by atoms with E-state index >= 15 is 0 Å². The van der Waals surface area contributed by atoms with Gasteiger partial charge < -0.3 is 10.7 Å². The lowest BCUT2D eigenvalue weighted by Crippen LogP contribution is -2.44. The van der Waals surface area contributed by atoms with E-state index in [0.29, 0.717) is 0 Å². The summed E-state index contributed by atoms with van der Waals surface area (Å²) in [5.74, 6) is 3.16. The number of pyridine rings is 1. The van der Waals surface area contributed by atoms with Gasteiger partial charge in [-0.3, -0.25) is 4.79 Å². The number of carbonyl (C=O) groups is 1. The van der Waals surface area contributed by atoms with Gasteiger partial charge in [0.15, 0.2) is 21.5 Å². The Morgan fingerprint density at radius 1 is 1.50 bits per heavy atom. The third-order valence-electron chi connectivity index (χ3n) is 2.95. The fourth-order valence-electron chi connectivity index (χ4n) is 1.24. The van der Waals surface area contributed by atoms with E-state index in [2.05, 4.69) is 10.3 Å². The monoisotopic (exact) mass is 304 g/mol. The number of nitrogen functional groups attached to an aromatic ring is 1. The Labute approximate surface area is 116 Å². The summed E-state index contributed by atoms with van der Waals surface area (Å²) in [6.07, 6.45) is 2.29. The van der Waals surface area contributed by atoms with Crippen LogP contribution in [0.15, 0.2) is 12.3 Å². The Kier molecular flexibility index (Phi) is 4.66. The van der Waals surface area contributed by atoms with Crippen LogP contribution in [0.25, 0.3) is 0 Å². The van der Waals surface area contributed by atoms with Crippen LogP contribution in [0.1, 0.15) is 24.2 Å². The fraction of sp³-hybridized carbons (Fsp3) is 0.455. The highest BCUT2D eigenvalue weighted by Gasteiger charge is 2.31. The Morgan fingerprint density at radius 2 is 2.10 bits per heavy atom. The van der Waals surface area contributed by atoms with E-state index in [1.54, 1.807) is 0 Å². The van der Waals surface area contributed by atoms with Crippen LogP contribution in [-0.2, 0) is 9.84 Å². The van der Waals surface area contributed by atoms with Crippen molar-refractivity contribution in [3.63, 3.8) is 0 Å². The first-order valence-electron chi connectivity index (χ1n) is 5.69. The highest BCUT2D eigenvalue weighted by molar-refractivity contribution is 7.92. The summed E-state index contributed by atoms with van der Waals surface area (Å²) in [6.45, 7) is 2.80. The fourth-order valence-corrected chi connectivity index (χ4v) is 1.57. The molecule has 0 atom stereocenters. The van der Waals surface area contributed by atoms with Crippen LogP contribution < -0.4 is 16.6 Å². The van der Waals surface area contributed by atoms with Crippen molar-refractivity contribution in [2.75, 3.05) is 18.2 Å². The molecule has 1 aromatic rings. The van der Waals surface area contributed by atoms with Crippen LogP contribution in [0, 0.1) is 5.82 Å². The van der Waals surface area contributed by atoms with Crippen molar-refractivity contribution in [3.05, 3.63) is 23.6 Å². The molecule has 0 aliphatic heterocycles. The number of nitrogens with zero attached hydrogens (tertiary/aromatic N) is 1. The molecular weight excluding hydrogens is 287 g/mol. The predicted molar refractivity (Wildman–Crippen MR) is 73.3 cm³/mol. The highest BCUT2D eigenvalue weighted by atomic mass is 32.2. The van der Waals surface area contributed by atoms with E-state index in [1.165, 1.54) is 26.1 Å². The van der Waals surface area contributed by atoms with Crippen LogP contribution in [-0.4, -0.2) is 36.9 Å². The Morgan fingerprint density at radius 3 is 2.60 bits per heavy atom. The average molecular weight is 304 g/mol. The number of halogens is 1. The minimum atomic E-state index is -3.36. The highest BCUT2D eigenvalue weighted by Crippen LogP contribution is 2.16. The molecule has 0 aromatic carbocycles. The van der Waals surface area contributed by atoms with Gasteiger partial charge in [-0.15, -0.1) is 0 Å². The van der Waals surface area contributed by atoms with Gasteiger partial charge in [0.25, 0.3) is 5.91 Å². The van der Waals surface area contributed by atoms with Gasteiger partial charge >= 0.3 is 0 Å². The minimum Gasteiger partial charge on any atom is -0.350 e. The quantitative estimate of drug-likeness (QED) is 0.523. The Balaban J connectivity index is 2.89. The summed E-state index contributed by atoms with van der Waals surface area (Å²) in [5, 5.41) is 2.38. The lowest BCUT2D eigenvalue weighted by Gasteiger charge is -2.22. The van der Waals surface area contributed by atoms with Gasteiger partial charge in [0.1, 0.15) is 0 Å². The number of nitrogens with one attached hydrogen (secondary N) is 2. The first kappa shape index (κ1) is 16.3. The van der Waals surface area contributed by atoms with Crippen LogP contribution in [0.5, 0.6) is 0 Å². The molecule has 0 bridgehead atoms. The molecule has 9 heteroatoms. The lowest BCUT2D eigenvalue weighted by molar-refractivity contribution is 0.0946. The standard InChI is InChI=1S/C11H17FN4O3S/c1-11(2,20(3,18)19)6-15-10(17)7-4-5-14-9(16-13)8(7)12/h4-5H,6,13H2,1-3H3,(H,14,16)(H,15,17). The summed E-state index contributed by atoms with van der Waals surface area (Å²) < 4.78 is 35.7. The average Bonchev–Trinajstić information content (AvgIpc) is 2.35. The molecule has 1 rings (SSSR count). The summed E-state index contributed by atoms with van der Waals surface area (Å²) in [5.41, 5.74) is 1.76. The van der Waals surface area contributed by atoms with Crippen molar-refractivity contribution in [2.24, 2.45) is 5.84 Å². The third-order valence-corrected chi connectivity index (χ3v) is 5.10. The number of nitrogens with two attached hydrogens (primary N) is 1. The number of amides is 1. The molecule has 0 fully saturated rings. The van der Waals surface area contributed by atoms with Crippen LogP contribution in [0.2, 0.25) is 0 Å². The van der Waals surface area contributed by atoms with E-state index in [9.17, 15) is 17.6 Å². The van der Waals surface area contributed by atoms with Gasteiger partial charge in [-0.1, -0.05) is 0 Å². The summed E-state index contributed by atoms with van der Waals surface area (Å²) in [7, 11) is -3.36. The minimum absolute atomic E-state index is 0.141. The normalized spacial score (nSPS) is 12.1. The van der Waals surface area contributed by atoms with Gasteiger partial charge in [-0.25, -0.2) is 23.6 Å². The molecule has 112 valence electrons. The molecule has 1 amide bonds. The number of carbonyl (C=O) groups excluding carboxylic acids is 1. The van der Waals surface area contributed by atoms with Crippen molar-refractivity contribution in [1.82, 2.24) is 10.3 Å². The first-order chi connectivity index (χ1) is 9.10. The van der Waals surface area contributed by atoms with Crippen LogP contribution in [0.4, 0.5) is 10.2 Å². The number of anilines is 1. The van der Waals surface area contributed by atoms with Gasteiger partial charge in [0.2, 0.25) is 0 Å². The number of sulfone groups is 1. The van der Waals surface area contributed by atoms with Crippen molar-refractivity contribution in [1.29, 1.82) is 0 Å².